The predicted octanol–water partition coefficient (Wildman–Crippen LogP) is 1.21. The first kappa shape index (κ1) is 20.7. The summed E-state index contributed by atoms with van der Waals surface area (Å²) in [5, 5.41) is 1.66. The largest absolute Gasteiger partial charge is 0.454 e. The highest BCUT2D eigenvalue weighted by molar-refractivity contribution is 6.25. The van der Waals surface area contributed by atoms with E-state index < -0.39 is 0 Å². The van der Waals surface area contributed by atoms with Gasteiger partial charge in [-0.15, -0.1) is 0 Å². The van der Waals surface area contributed by atoms with Crippen LogP contribution in [-0.2, 0) is 0 Å². The second-order valence-corrected chi connectivity index (χ2v) is 8.83. The highest BCUT2D eigenvalue weighted by Crippen LogP contribution is 2.33. The number of quaternary nitrogens is 1. The molecule has 3 aromatic carbocycles. The van der Waals surface area contributed by atoms with Crippen molar-refractivity contribution in [2.24, 2.45) is 0 Å². The summed E-state index contributed by atoms with van der Waals surface area (Å²) in [6, 6.07) is 16.4. The van der Waals surface area contributed by atoms with Gasteiger partial charge >= 0.3 is 0 Å². The SMILES string of the molecule is O=C(c1ccc2c(c1)OCO2)N1CC[NH+](CCN2C(=O)c3cccc4cccc(c34)C2=O)CC1. The number of hydrogen-bond donors (Lipinski definition) is 1. The predicted molar refractivity (Wildman–Crippen MR) is 123 cm³/mol. The van der Waals surface area contributed by atoms with Gasteiger partial charge in [0.1, 0.15) is 0 Å². The lowest BCUT2D eigenvalue weighted by atomic mass is 9.94. The van der Waals surface area contributed by atoms with Gasteiger partial charge in [-0.2, -0.15) is 0 Å². The van der Waals surface area contributed by atoms with Gasteiger partial charge in [-0.1, -0.05) is 24.3 Å². The van der Waals surface area contributed by atoms with Crippen LogP contribution < -0.4 is 14.4 Å². The molecule has 0 saturated carbocycles. The Bertz CT molecular complexity index is 1280. The third-order valence-corrected chi connectivity index (χ3v) is 6.92. The molecule has 3 aliphatic heterocycles. The average molecular weight is 458 g/mol. The number of amides is 3. The number of carbonyl (C=O) groups excluding carboxylic acids is 3. The molecule has 0 unspecified atom stereocenters. The molecule has 172 valence electrons. The van der Waals surface area contributed by atoms with Crippen LogP contribution in [-0.4, -0.2) is 73.6 Å². The molecule has 34 heavy (non-hydrogen) atoms. The molecule has 0 bridgehead atoms. The van der Waals surface area contributed by atoms with Crippen LogP contribution in [0.4, 0.5) is 0 Å². The molecular weight excluding hydrogens is 434 g/mol. The van der Waals surface area contributed by atoms with Gasteiger partial charge in [-0.3, -0.25) is 19.3 Å². The van der Waals surface area contributed by atoms with Gasteiger partial charge in [0.2, 0.25) is 6.79 Å². The van der Waals surface area contributed by atoms with Crippen molar-refractivity contribution in [3.63, 3.8) is 0 Å². The molecule has 0 atom stereocenters. The molecule has 6 rings (SSSR count). The van der Waals surface area contributed by atoms with E-state index in [0.29, 0.717) is 54.4 Å². The zero-order valence-corrected chi connectivity index (χ0v) is 18.6. The molecule has 0 aromatic heterocycles. The van der Waals surface area contributed by atoms with Crippen LogP contribution in [0.3, 0.4) is 0 Å². The zero-order valence-electron chi connectivity index (χ0n) is 18.6. The highest BCUT2D eigenvalue weighted by atomic mass is 16.7. The van der Waals surface area contributed by atoms with E-state index in [9.17, 15) is 14.4 Å². The highest BCUT2D eigenvalue weighted by Gasteiger charge is 2.34. The quantitative estimate of drug-likeness (QED) is 0.595. The van der Waals surface area contributed by atoms with E-state index in [4.69, 9.17) is 9.47 Å². The van der Waals surface area contributed by atoms with Crippen LogP contribution >= 0.6 is 0 Å². The molecule has 3 heterocycles. The summed E-state index contributed by atoms with van der Waals surface area (Å²) in [4.78, 5) is 43.6. The van der Waals surface area contributed by atoms with Gasteiger partial charge in [-0.25, -0.2) is 0 Å². The Morgan fingerprint density at radius 1 is 0.882 bits per heavy atom. The van der Waals surface area contributed by atoms with Crippen molar-refractivity contribution in [1.82, 2.24) is 9.80 Å². The molecule has 8 heteroatoms. The lowest BCUT2D eigenvalue weighted by Gasteiger charge is -2.34. The fourth-order valence-electron chi connectivity index (χ4n) is 5.04. The number of ether oxygens (including phenoxy) is 2. The molecule has 8 nitrogen and oxygen atoms in total. The topological polar surface area (TPSA) is 80.6 Å². The van der Waals surface area contributed by atoms with E-state index in [2.05, 4.69) is 0 Å². The minimum absolute atomic E-state index is 0.0246. The van der Waals surface area contributed by atoms with Crippen molar-refractivity contribution < 1.29 is 28.8 Å². The van der Waals surface area contributed by atoms with Gasteiger partial charge in [0.05, 0.1) is 39.3 Å². The minimum Gasteiger partial charge on any atom is -0.454 e. The zero-order chi connectivity index (χ0) is 23.2. The third kappa shape index (κ3) is 3.38. The lowest BCUT2D eigenvalue weighted by Crippen LogP contribution is -3.15. The number of nitrogens with zero attached hydrogens (tertiary/aromatic N) is 2. The Morgan fingerprint density at radius 3 is 2.26 bits per heavy atom. The Balaban J connectivity index is 1.09. The maximum absolute atomic E-state index is 13.1. The molecule has 3 amide bonds. The van der Waals surface area contributed by atoms with Crippen LogP contribution in [0.1, 0.15) is 31.1 Å². The lowest BCUT2D eigenvalue weighted by molar-refractivity contribution is -0.903. The number of hydrogen-bond acceptors (Lipinski definition) is 5. The summed E-state index contributed by atoms with van der Waals surface area (Å²) in [6.45, 7) is 3.95. The maximum Gasteiger partial charge on any atom is 0.261 e. The van der Waals surface area contributed by atoms with Crippen molar-refractivity contribution in [2.45, 2.75) is 0 Å². The first-order chi connectivity index (χ1) is 16.6. The fourth-order valence-corrected chi connectivity index (χ4v) is 5.04. The minimum atomic E-state index is -0.231. The van der Waals surface area contributed by atoms with Crippen LogP contribution in [0.25, 0.3) is 10.8 Å². The Kier molecular flexibility index (Phi) is 4.95. The standard InChI is InChI=1S/C26H23N3O5/c30-24(18-7-8-21-22(15-18)34-16-33-21)28-12-9-27(10-13-28)11-14-29-25(31)19-5-1-3-17-4-2-6-20(23(17)19)26(29)32/h1-8,15H,9-14,16H2/p+1. The van der Waals surface area contributed by atoms with Crippen molar-refractivity contribution in [2.75, 3.05) is 46.1 Å². The molecule has 3 aliphatic rings. The first-order valence-corrected chi connectivity index (χ1v) is 11.5. The van der Waals surface area contributed by atoms with Gasteiger partial charge < -0.3 is 19.3 Å². The first-order valence-electron chi connectivity index (χ1n) is 11.5. The molecule has 1 fully saturated rings. The summed E-state index contributed by atoms with van der Waals surface area (Å²) < 4.78 is 10.7. The number of benzene rings is 3. The molecule has 3 aromatic rings. The number of nitrogens with one attached hydrogen (secondary N) is 1. The molecule has 0 aliphatic carbocycles. The van der Waals surface area contributed by atoms with Gasteiger partial charge in [-0.05, 0) is 35.7 Å². The van der Waals surface area contributed by atoms with Crippen LogP contribution in [0.2, 0.25) is 0 Å². The summed E-state index contributed by atoms with van der Waals surface area (Å²) in [7, 11) is 0. The van der Waals surface area contributed by atoms with E-state index in [0.717, 1.165) is 23.9 Å². The van der Waals surface area contributed by atoms with E-state index >= 15 is 0 Å². The summed E-state index contributed by atoms with van der Waals surface area (Å²) in [5.74, 6) is 0.772. The molecule has 0 radical (unpaired) electrons. The molecule has 0 spiro atoms. The number of carbonyl (C=O) groups is 3. The molecular formula is C26H24N3O5+. The van der Waals surface area contributed by atoms with Crippen LogP contribution in [0.15, 0.2) is 54.6 Å². The maximum atomic E-state index is 13.1. The van der Waals surface area contributed by atoms with Crippen molar-refractivity contribution >= 4 is 28.5 Å². The number of piperazine rings is 1. The Labute approximate surface area is 196 Å². The van der Waals surface area contributed by atoms with E-state index in [1.54, 1.807) is 30.3 Å². The monoisotopic (exact) mass is 458 g/mol. The van der Waals surface area contributed by atoms with Crippen LogP contribution in [0.5, 0.6) is 11.5 Å². The smallest absolute Gasteiger partial charge is 0.261 e. The summed E-state index contributed by atoms with van der Waals surface area (Å²) >= 11 is 0. The second-order valence-electron chi connectivity index (χ2n) is 8.83. The van der Waals surface area contributed by atoms with Gasteiger partial charge in [0, 0.05) is 22.1 Å². The molecule has 1 saturated heterocycles. The molecule has 1 N–H and O–H groups in total. The van der Waals surface area contributed by atoms with E-state index in [1.165, 1.54) is 9.80 Å². The number of imide groups is 1. The summed E-state index contributed by atoms with van der Waals surface area (Å²) in [5.41, 5.74) is 1.76. The Hall–Kier alpha value is -3.91. The third-order valence-electron chi connectivity index (χ3n) is 6.92. The van der Waals surface area contributed by atoms with Crippen molar-refractivity contribution in [3.8, 4) is 11.5 Å². The summed E-state index contributed by atoms with van der Waals surface area (Å²) in [6.07, 6.45) is 0. The number of rotatable bonds is 4. The van der Waals surface area contributed by atoms with Gasteiger partial charge in [0.15, 0.2) is 11.5 Å². The van der Waals surface area contributed by atoms with E-state index in [1.807, 2.05) is 29.2 Å². The number of fused-ring (bicyclic) bond motifs is 1. The normalized spacial score (nSPS) is 17.5. The fraction of sp³-hybridized carbons (Fsp3) is 0.269. The second kappa shape index (κ2) is 8.14. The average Bonchev–Trinajstić information content (AvgIpc) is 3.35. The van der Waals surface area contributed by atoms with Crippen LogP contribution in [0, 0.1) is 0 Å². The Morgan fingerprint density at radius 2 is 1.56 bits per heavy atom. The van der Waals surface area contributed by atoms with E-state index in [-0.39, 0.29) is 24.5 Å². The van der Waals surface area contributed by atoms with Crippen molar-refractivity contribution in [3.05, 3.63) is 71.3 Å². The van der Waals surface area contributed by atoms with Crippen molar-refractivity contribution in [1.29, 1.82) is 0 Å². The van der Waals surface area contributed by atoms with Gasteiger partial charge in [0.25, 0.3) is 17.7 Å².